The van der Waals surface area contributed by atoms with Crippen LogP contribution in [0.5, 0.6) is 0 Å². The molecule has 0 saturated carbocycles. The van der Waals surface area contributed by atoms with Crippen LogP contribution in [0.2, 0.25) is 0 Å². The summed E-state index contributed by atoms with van der Waals surface area (Å²) in [5.74, 6) is 0.525. The molecule has 1 aliphatic rings. The van der Waals surface area contributed by atoms with E-state index in [1.807, 2.05) is 0 Å². The zero-order valence-electron chi connectivity index (χ0n) is 13.1. The van der Waals surface area contributed by atoms with Crippen molar-refractivity contribution in [1.29, 1.82) is 0 Å². The summed E-state index contributed by atoms with van der Waals surface area (Å²) in [6.45, 7) is 8.36. The molecule has 1 heterocycles. The standard InChI is InChI=1S/C9H22NO2.C4H5NO2S/c1-5-10(2,3)6-7-12-9-8-11-4;1-3-2-4(6)5-8-7-3/h5-9H2,1-4H3;2H,1H3,(H,5,6)/q+1;. The van der Waals surface area contributed by atoms with E-state index in [1.165, 1.54) is 6.08 Å². The number of hydrogen-bond acceptors (Lipinski definition) is 5. The van der Waals surface area contributed by atoms with E-state index < -0.39 is 0 Å². The smallest absolute Gasteiger partial charge is 0.259 e. The van der Waals surface area contributed by atoms with Crippen LogP contribution in [0.3, 0.4) is 0 Å². The SMILES string of the molecule is CC1=CC(=O)NSO1.CC[N+](C)(C)CCOCCOC. The fourth-order valence-corrected chi connectivity index (χ4v) is 1.44. The number of allylic oxidation sites excluding steroid dienone is 1. The average Bonchev–Trinajstić information content (AvgIpc) is 2.39. The van der Waals surface area contributed by atoms with Gasteiger partial charge in [0.1, 0.15) is 12.3 Å². The Balaban J connectivity index is 0.000000388. The van der Waals surface area contributed by atoms with Crippen molar-refractivity contribution in [3.8, 4) is 0 Å². The lowest BCUT2D eigenvalue weighted by Gasteiger charge is -2.27. The van der Waals surface area contributed by atoms with Crippen LogP contribution in [-0.4, -0.2) is 64.5 Å². The van der Waals surface area contributed by atoms with Gasteiger partial charge in [-0.05, 0) is 13.8 Å². The second-order valence-electron chi connectivity index (χ2n) is 4.97. The van der Waals surface area contributed by atoms with Crippen molar-refractivity contribution in [2.75, 3.05) is 54.1 Å². The Kier molecular flexibility index (Phi) is 10.5. The molecule has 0 aromatic heterocycles. The Bertz CT molecular complexity index is 309. The zero-order valence-corrected chi connectivity index (χ0v) is 13.9. The number of carbonyl (C=O) groups excluding carboxylic acids is 1. The monoisotopic (exact) mass is 307 g/mol. The number of hydrogen-bond donors (Lipinski definition) is 1. The molecule has 0 bridgehead atoms. The number of ether oxygens (including phenoxy) is 2. The molecule has 7 heteroatoms. The molecule has 0 saturated heterocycles. The van der Waals surface area contributed by atoms with E-state index in [2.05, 4.69) is 25.7 Å². The van der Waals surface area contributed by atoms with Crippen LogP contribution in [0, 0.1) is 0 Å². The first-order chi connectivity index (χ1) is 9.41. The van der Waals surface area contributed by atoms with Crippen molar-refractivity contribution in [2.24, 2.45) is 0 Å². The van der Waals surface area contributed by atoms with Gasteiger partial charge in [-0.2, -0.15) is 0 Å². The summed E-state index contributed by atoms with van der Waals surface area (Å²) in [5.41, 5.74) is 0. The lowest BCUT2D eigenvalue weighted by Crippen LogP contribution is -2.42. The Morgan fingerprint density at radius 1 is 1.35 bits per heavy atom. The number of quaternary nitrogens is 1. The average molecular weight is 307 g/mol. The van der Waals surface area contributed by atoms with E-state index in [1.54, 1.807) is 14.0 Å². The molecule has 1 N–H and O–H groups in total. The molecule has 0 atom stereocenters. The quantitative estimate of drug-likeness (QED) is 0.333. The number of rotatable bonds is 7. The van der Waals surface area contributed by atoms with Crippen molar-refractivity contribution in [1.82, 2.24) is 4.72 Å². The zero-order chi connectivity index (χ0) is 15.4. The lowest BCUT2D eigenvalue weighted by atomic mass is 10.4. The summed E-state index contributed by atoms with van der Waals surface area (Å²) in [6.07, 6.45) is 1.40. The van der Waals surface area contributed by atoms with Gasteiger partial charge in [0.2, 0.25) is 0 Å². The van der Waals surface area contributed by atoms with Crippen LogP contribution in [0.1, 0.15) is 13.8 Å². The Hall–Kier alpha value is -0.760. The maximum atomic E-state index is 10.4. The molecule has 0 aromatic rings. The van der Waals surface area contributed by atoms with Crippen LogP contribution in [0.4, 0.5) is 0 Å². The second-order valence-corrected chi connectivity index (χ2v) is 5.51. The summed E-state index contributed by atoms with van der Waals surface area (Å²) in [6, 6.07) is 0. The van der Waals surface area contributed by atoms with Crippen LogP contribution in [-0.2, 0) is 18.5 Å². The summed E-state index contributed by atoms with van der Waals surface area (Å²) in [5, 5.41) is 0. The Morgan fingerprint density at radius 3 is 2.50 bits per heavy atom. The Labute approximate surface area is 126 Å². The van der Waals surface area contributed by atoms with E-state index in [4.69, 9.17) is 13.7 Å². The van der Waals surface area contributed by atoms with Crippen molar-refractivity contribution in [3.63, 3.8) is 0 Å². The molecule has 0 fully saturated rings. The number of methoxy groups -OCH3 is 1. The number of likely N-dealkylation sites (N-methyl/N-ethyl adjacent to an activating group) is 1. The number of nitrogens with one attached hydrogen (secondary N) is 1. The highest BCUT2D eigenvalue weighted by molar-refractivity contribution is 7.93. The highest BCUT2D eigenvalue weighted by atomic mass is 32.2. The highest BCUT2D eigenvalue weighted by Gasteiger charge is 2.10. The summed E-state index contributed by atoms with van der Waals surface area (Å²) in [4.78, 5) is 10.4. The molecule has 0 aliphatic carbocycles. The minimum absolute atomic E-state index is 0.112. The predicted molar refractivity (Wildman–Crippen MR) is 80.8 cm³/mol. The topological polar surface area (TPSA) is 56.8 Å². The van der Waals surface area contributed by atoms with Crippen molar-refractivity contribution >= 4 is 18.1 Å². The minimum Gasteiger partial charge on any atom is -0.410 e. The maximum Gasteiger partial charge on any atom is 0.259 e. The number of amides is 1. The summed E-state index contributed by atoms with van der Waals surface area (Å²) < 4.78 is 18.4. The van der Waals surface area contributed by atoms with Gasteiger partial charge in [-0.25, -0.2) is 0 Å². The molecule has 1 aliphatic heterocycles. The molecule has 6 nitrogen and oxygen atoms in total. The normalized spacial score (nSPS) is 14.7. The maximum absolute atomic E-state index is 10.4. The Morgan fingerprint density at radius 2 is 2.05 bits per heavy atom. The van der Waals surface area contributed by atoms with Crippen LogP contribution < -0.4 is 4.72 Å². The van der Waals surface area contributed by atoms with Gasteiger partial charge < -0.3 is 18.1 Å². The van der Waals surface area contributed by atoms with Gasteiger partial charge in [0.15, 0.2) is 12.2 Å². The molecule has 1 rings (SSSR count). The summed E-state index contributed by atoms with van der Waals surface area (Å²) in [7, 11) is 6.11. The van der Waals surface area contributed by atoms with Crippen molar-refractivity contribution < 1.29 is 22.9 Å². The molecule has 118 valence electrons. The van der Waals surface area contributed by atoms with Gasteiger partial charge in [0, 0.05) is 13.2 Å². The third kappa shape index (κ3) is 11.1. The fourth-order valence-electron chi connectivity index (χ4n) is 1.08. The molecular formula is C13H27N2O4S+. The van der Waals surface area contributed by atoms with Crippen LogP contribution in [0.25, 0.3) is 0 Å². The third-order valence-electron chi connectivity index (χ3n) is 2.78. The minimum atomic E-state index is -0.112. The van der Waals surface area contributed by atoms with Gasteiger partial charge in [-0.1, -0.05) is 0 Å². The first-order valence-corrected chi connectivity index (χ1v) is 7.36. The van der Waals surface area contributed by atoms with Gasteiger partial charge in [0.25, 0.3) is 5.91 Å². The van der Waals surface area contributed by atoms with E-state index in [-0.39, 0.29) is 5.91 Å². The van der Waals surface area contributed by atoms with E-state index >= 15 is 0 Å². The molecule has 0 spiro atoms. The van der Waals surface area contributed by atoms with Gasteiger partial charge in [-0.15, -0.1) is 0 Å². The first kappa shape index (κ1) is 19.2. The van der Waals surface area contributed by atoms with Gasteiger partial charge in [-0.3, -0.25) is 9.52 Å². The van der Waals surface area contributed by atoms with Gasteiger partial charge in [0.05, 0.1) is 40.5 Å². The predicted octanol–water partition coefficient (Wildman–Crippen LogP) is 1.35. The van der Waals surface area contributed by atoms with Crippen LogP contribution >= 0.6 is 12.2 Å². The molecule has 0 radical (unpaired) electrons. The highest BCUT2D eigenvalue weighted by Crippen LogP contribution is 2.10. The lowest BCUT2D eigenvalue weighted by molar-refractivity contribution is -0.888. The second kappa shape index (κ2) is 11.0. The fraction of sp³-hybridized carbons (Fsp3) is 0.769. The van der Waals surface area contributed by atoms with E-state index in [0.717, 1.165) is 36.4 Å². The summed E-state index contributed by atoms with van der Waals surface area (Å²) >= 11 is 0.943. The molecule has 0 aromatic carbocycles. The van der Waals surface area contributed by atoms with Crippen molar-refractivity contribution in [3.05, 3.63) is 11.8 Å². The first-order valence-electron chi connectivity index (χ1n) is 6.61. The number of carbonyl (C=O) groups is 1. The van der Waals surface area contributed by atoms with E-state index in [9.17, 15) is 4.79 Å². The third-order valence-corrected chi connectivity index (χ3v) is 3.41. The van der Waals surface area contributed by atoms with Crippen LogP contribution in [0.15, 0.2) is 11.8 Å². The molecule has 0 unspecified atom stereocenters. The van der Waals surface area contributed by atoms with Gasteiger partial charge >= 0.3 is 0 Å². The molecule has 1 amide bonds. The molecular weight excluding hydrogens is 280 g/mol. The number of nitrogens with zero attached hydrogens (tertiary/aromatic N) is 1. The van der Waals surface area contributed by atoms with E-state index in [0.29, 0.717) is 19.0 Å². The largest absolute Gasteiger partial charge is 0.410 e. The molecule has 20 heavy (non-hydrogen) atoms. The van der Waals surface area contributed by atoms with Crippen molar-refractivity contribution in [2.45, 2.75) is 13.8 Å².